The van der Waals surface area contributed by atoms with E-state index in [1.54, 1.807) is 0 Å². The number of hydrogen-bond acceptors (Lipinski definition) is 5. The second-order valence-electron chi connectivity index (χ2n) is 3.07. The fraction of sp³-hybridized carbons (Fsp3) is 0.286. The highest BCUT2D eigenvalue weighted by molar-refractivity contribution is 7.51. The number of H-pyrrole nitrogens is 1. The second-order valence-corrected chi connectivity index (χ2v) is 4.66. The van der Waals surface area contributed by atoms with Crippen LogP contribution in [0, 0.1) is 0 Å². The average Bonchev–Trinajstić information content (AvgIpc) is 2.62. The van der Waals surface area contributed by atoms with Crippen molar-refractivity contribution in [3.63, 3.8) is 0 Å². The zero-order valence-corrected chi connectivity index (χ0v) is 8.96. The van der Waals surface area contributed by atoms with Gasteiger partial charge in [-0.25, -0.2) is 15.0 Å². The maximum absolute atomic E-state index is 10.5. The highest BCUT2D eigenvalue weighted by atomic mass is 31.2. The Bertz CT molecular complexity index is 536. The largest absolute Gasteiger partial charge is 0.361 e. The lowest BCUT2D eigenvalue weighted by Gasteiger charge is -2.04. The van der Waals surface area contributed by atoms with Crippen LogP contribution in [0.25, 0.3) is 11.2 Å². The number of aromatic amines is 1. The first kappa shape index (κ1) is 11.2. The summed E-state index contributed by atoms with van der Waals surface area (Å²) in [6, 6.07) is 0. The molecule has 16 heavy (non-hydrogen) atoms. The van der Waals surface area contributed by atoms with Crippen molar-refractivity contribution in [2.45, 2.75) is 6.61 Å². The van der Waals surface area contributed by atoms with Crippen LogP contribution in [0.15, 0.2) is 12.5 Å². The van der Waals surface area contributed by atoms with Crippen molar-refractivity contribution < 1.29 is 19.1 Å². The molecular weight excluding hydrogens is 235 g/mol. The molecule has 2 heterocycles. The molecule has 86 valence electrons. The van der Waals surface area contributed by atoms with E-state index in [2.05, 4.69) is 19.9 Å². The zero-order chi connectivity index (χ0) is 11.6. The molecule has 0 aliphatic carbocycles. The molecule has 0 bridgehead atoms. The zero-order valence-electron chi connectivity index (χ0n) is 8.07. The van der Waals surface area contributed by atoms with Crippen LogP contribution < -0.4 is 0 Å². The maximum Gasteiger partial charge on any atom is 0.350 e. The molecule has 0 radical (unpaired) electrons. The Hall–Kier alpha value is -1.34. The number of imidazole rings is 1. The van der Waals surface area contributed by atoms with E-state index in [1.165, 1.54) is 12.5 Å². The van der Waals surface area contributed by atoms with Gasteiger partial charge in [0.15, 0.2) is 11.5 Å². The SMILES string of the molecule is O=P(O)(O)COCc1ncc2[nH]cnc2n1. The average molecular weight is 244 g/mol. The minimum Gasteiger partial charge on any atom is -0.361 e. The van der Waals surface area contributed by atoms with Gasteiger partial charge in [-0.15, -0.1) is 0 Å². The van der Waals surface area contributed by atoms with Crippen LogP contribution in [0.5, 0.6) is 0 Å². The Kier molecular flexibility index (Phi) is 2.97. The van der Waals surface area contributed by atoms with Gasteiger partial charge in [0, 0.05) is 0 Å². The smallest absolute Gasteiger partial charge is 0.350 e. The normalized spacial score (nSPS) is 12.1. The van der Waals surface area contributed by atoms with Crippen LogP contribution >= 0.6 is 7.60 Å². The molecule has 0 amide bonds. The van der Waals surface area contributed by atoms with Crippen LogP contribution in [0.1, 0.15) is 5.82 Å². The molecule has 2 aromatic rings. The van der Waals surface area contributed by atoms with Crippen molar-refractivity contribution in [2.24, 2.45) is 0 Å². The molecular formula is C7H9N4O4P. The van der Waals surface area contributed by atoms with Gasteiger partial charge in [-0.3, -0.25) is 4.57 Å². The topological polar surface area (TPSA) is 121 Å². The Morgan fingerprint density at radius 2 is 2.25 bits per heavy atom. The van der Waals surface area contributed by atoms with E-state index in [4.69, 9.17) is 14.5 Å². The fourth-order valence-electron chi connectivity index (χ4n) is 1.10. The van der Waals surface area contributed by atoms with Gasteiger partial charge in [0.1, 0.15) is 18.5 Å². The van der Waals surface area contributed by atoms with E-state index in [-0.39, 0.29) is 6.61 Å². The number of aromatic nitrogens is 4. The molecule has 8 nitrogen and oxygen atoms in total. The number of nitrogens with zero attached hydrogens (tertiary/aromatic N) is 3. The number of rotatable bonds is 4. The molecule has 3 N–H and O–H groups in total. The van der Waals surface area contributed by atoms with Crippen molar-refractivity contribution in [2.75, 3.05) is 6.35 Å². The van der Waals surface area contributed by atoms with Crippen molar-refractivity contribution in [1.29, 1.82) is 0 Å². The molecule has 0 atom stereocenters. The van der Waals surface area contributed by atoms with Crippen LogP contribution in [-0.4, -0.2) is 36.1 Å². The number of nitrogens with one attached hydrogen (secondary N) is 1. The van der Waals surface area contributed by atoms with Crippen LogP contribution in [0.3, 0.4) is 0 Å². The summed E-state index contributed by atoms with van der Waals surface area (Å²) in [6.45, 7) is -0.0616. The van der Waals surface area contributed by atoms with Crippen molar-refractivity contribution in [1.82, 2.24) is 19.9 Å². The van der Waals surface area contributed by atoms with Gasteiger partial charge in [-0.05, 0) is 0 Å². The number of fused-ring (bicyclic) bond motifs is 1. The van der Waals surface area contributed by atoms with E-state index in [1.807, 2.05) is 0 Å². The van der Waals surface area contributed by atoms with Crippen LogP contribution in [0.2, 0.25) is 0 Å². The molecule has 0 saturated heterocycles. The van der Waals surface area contributed by atoms with Gasteiger partial charge in [0.2, 0.25) is 0 Å². The summed E-state index contributed by atoms with van der Waals surface area (Å²) < 4.78 is 15.3. The Morgan fingerprint density at radius 1 is 1.44 bits per heavy atom. The summed E-state index contributed by atoms with van der Waals surface area (Å²) >= 11 is 0. The second kappa shape index (κ2) is 4.26. The standard InChI is InChI=1S/C7H9N4O4P/c12-16(13,14)4-15-2-6-8-1-5-7(11-6)10-3-9-5/h1,3H,2,4H2,(H2,12,13,14)(H,8,9,10,11). The van der Waals surface area contributed by atoms with E-state index >= 15 is 0 Å². The molecule has 0 fully saturated rings. The molecule has 2 rings (SSSR count). The molecule has 0 aliphatic rings. The summed E-state index contributed by atoms with van der Waals surface area (Å²) in [4.78, 5) is 31.8. The predicted molar refractivity (Wildman–Crippen MR) is 53.4 cm³/mol. The van der Waals surface area contributed by atoms with E-state index in [0.29, 0.717) is 17.0 Å². The minimum absolute atomic E-state index is 0.0616. The predicted octanol–water partition coefficient (Wildman–Crippen LogP) is 0.00470. The summed E-state index contributed by atoms with van der Waals surface area (Å²) in [5.41, 5.74) is 1.18. The third kappa shape index (κ3) is 2.83. The number of ether oxygens (including phenoxy) is 1. The highest BCUT2D eigenvalue weighted by Crippen LogP contribution is 2.33. The van der Waals surface area contributed by atoms with E-state index in [0.717, 1.165) is 0 Å². The summed E-state index contributed by atoms with van der Waals surface area (Å²) in [5.74, 6) is 0.327. The Labute approximate surface area is 89.9 Å². The molecule has 0 saturated carbocycles. The quantitative estimate of drug-likeness (QED) is 0.647. The summed E-state index contributed by atoms with van der Waals surface area (Å²) in [6.07, 6.45) is 2.38. The van der Waals surface area contributed by atoms with Crippen LogP contribution in [-0.2, 0) is 15.9 Å². The van der Waals surface area contributed by atoms with E-state index < -0.39 is 13.9 Å². The molecule has 2 aromatic heterocycles. The van der Waals surface area contributed by atoms with Crippen LogP contribution in [0.4, 0.5) is 0 Å². The molecule has 9 heteroatoms. The first-order chi connectivity index (χ1) is 7.54. The van der Waals surface area contributed by atoms with Gasteiger partial charge >= 0.3 is 7.60 Å². The first-order valence-electron chi connectivity index (χ1n) is 4.32. The van der Waals surface area contributed by atoms with Crippen molar-refractivity contribution in [3.8, 4) is 0 Å². The van der Waals surface area contributed by atoms with Gasteiger partial charge in [0.05, 0.1) is 12.5 Å². The maximum atomic E-state index is 10.5. The molecule has 0 spiro atoms. The highest BCUT2D eigenvalue weighted by Gasteiger charge is 2.13. The van der Waals surface area contributed by atoms with Gasteiger partial charge in [-0.1, -0.05) is 0 Å². The molecule has 0 unspecified atom stereocenters. The summed E-state index contributed by atoms with van der Waals surface area (Å²) in [7, 11) is -4.14. The first-order valence-corrected chi connectivity index (χ1v) is 6.12. The lowest BCUT2D eigenvalue weighted by Crippen LogP contribution is -2.01. The van der Waals surface area contributed by atoms with E-state index in [9.17, 15) is 4.57 Å². The van der Waals surface area contributed by atoms with Gasteiger partial charge in [0.25, 0.3) is 0 Å². The Morgan fingerprint density at radius 3 is 3.00 bits per heavy atom. The van der Waals surface area contributed by atoms with Crippen molar-refractivity contribution in [3.05, 3.63) is 18.3 Å². The third-order valence-electron chi connectivity index (χ3n) is 1.72. The third-order valence-corrected chi connectivity index (χ3v) is 2.23. The van der Waals surface area contributed by atoms with Gasteiger partial charge in [-0.2, -0.15) is 0 Å². The number of hydrogen-bond donors (Lipinski definition) is 3. The minimum atomic E-state index is -4.14. The Balaban J connectivity index is 2.01. The van der Waals surface area contributed by atoms with Gasteiger partial charge < -0.3 is 19.5 Å². The lowest BCUT2D eigenvalue weighted by atomic mass is 10.5. The monoisotopic (exact) mass is 244 g/mol. The molecule has 0 aromatic carbocycles. The fourth-order valence-corrected chi connectivity index (χ4v) is 1.43. The molecule has 0 aliphatic heterocycles. The lowest BCUT2D eigenvalue weighted by molar-refractivity contribution is 0.139. The summed E-state index contributed by atoms with van der Waals surface area (Å²) in [5, 5.41) is 0. The van der Waals surface area contributed by atoms with Crippen molar-refractivity contribution >= 4 is 18.8 Å².